The second kappa shape index (κ2) is 5.37. The molecule has 21 heavy (non-hydrogen) atoms. The minimum absolute atomic E-state index is 0.417. The van der Waals surface area contributed by atoms with Crippen molar-refractivity contribution in [3.8, 4) is 5.75 Å². The number of rotatable bonds is 4. The Labute approximate surface area is 118 Å². The Bertz CT molecular complexity index is 807. The highest BCUT2D eigenvalue weighted by Crippen LogP contribution is 2.34. The molecule has 0 bridgehead atoms. The number of phenolic OH excluding ortho intramolecular Hbond substituents is 1. The number of nitrogens with zero attached hydrogens (tertiary/aromatic N) is 1. The fraction of sp³-hybridized carbons (Fsp3) is 0. The van der Waals surface area contributed by atoms with E-state index in [0.29, 0.717) is 0 Å². The number of nitro benzene ring substituents is 1. The van der Waals surface area contributed by atoms with E-state index < -0.39 is 42.8 Å². The van der Waals surface area contributed by atoms with Crippen LogP contribution < -0.4 is 4.72 Å². The molecule has 0 heterocycles. The quantitative estimate of drug-likeness (QED) is 0.511. The van der Waals surface area contributed by atoms with Gasteiger partial charge in [0.2, 0.25) is 0 Å². The lowest BCUT2D eigenvalue weighted by molar-refractivity contribution is -0.383. The number of benzene rings is 2. The molecule has 0 radical (unpaired) electrons. The maximum atomic E-state index is 13.1. The Balaban J connectivity index is 2.49. The number of phenols is 1. The minimum Gasteiger partial charge on any atom is -0.505 e. The van der Waals surface area contributed by atoms with Gasteiger partial charge in [-0.1, -0.05) is 12.1 Å². The zero-order valence-corrected chi connectivity index (χ0v) is 11.2. The molecule has 110 valence electrons. The predicted molar refractivity (Wildman–Crippen MR) is 72.0 cm³/mol. The smallest absolute Gasteiger partial charge is 0.297 e. The maximum Gasteiger partial charge on any atom is 0.297 e. The van der Waals surface area contributed by atoms with Gasteiger partial charge in [0.1, 0.15) is 11.6 Å². The van der Waals surface area contributed by atoms with E-state index in [1.807, 2.05) is 4.72 Å². The van der Waals surface area contributed by atoms with E-state index in [-0.39, 0.29) is 0 Å². The van der Waals surface area contributed by atoms with Crippen LogP contribution in [-0.2, 0) is 10.0 Å². The molecule has 2 N–H and O–H groups in total. The van der Waals surface area contributed by atoms with Crippen LogP contribution >= 0.6 is 0 Å². The zero-order valence-electron chi connectivity index (χ0n) is 10.4. The number of sulfonamides is 1. The molecule has 0 atom stereocenters. The Hall–Kier alpha value is -2.68. The number of hydrogen-bond acceptors (Lipinski definition) is 5. The van der Waals surface area contributed by atoms with Crippen LogP contribution in [-0.4, -0.2) is 18.4 Å². The summed E-state index contributed by atoms with van der Waals surface area (Å²) in [4.78, 5) is 9.59. The first-order chi connectivity index (χ1) is 9.81. The van der Waals surface area contributed by atoms with Crippen molar-refractivity contribution in [3.05, 3.63) is 58.4 Å². The molecule has 0 spiro atoms. The number of nitrogens with one attached hydrogen (secondary N) is 1. The van der Waals surface area contributed by atoms with Gasteiger partial charge in [-0.2, -0.15) is 0 Å². The van der Waals surface area contributed by atoms with Crippen molar-refractivity contribution >= 4 is 21.4 Å². The second-order valence-electron chi connectivity index (χ2n) is 3.99. The highest BCUT2D eigenvalue weighted by Gasteiger charge is 2.24. The van der Waals surface area contributed by atoms with Gasteiger partial charge in [-0.15, -0.1) is 0 Å². The molecular formula is C12H9FN2O5S. The standard InChI is InChI=1S/C12H9FN2O5S/c13-8-3-1-4-9(7-8)21(19,20)14-12-10(15(17)18)5-2-6-11(12)16/h1-7,14,16H. The molecule has 9 heteroatoms. The fourth-order valence-electron chi connectivity index (χ4n) is 1.61. The average Bonchev–Trinajstić information content (AvgIpc) is 2.40. The summed E-state index contributed by atoms with van der Waals surface area (Å²) in [6, 6.07) is 7.45. The second-order valence-corrected chi connectivity index (χ2v) is 5.67. The van der Waals surface area contributed by atoms with Gasteiger partial charge < -0.3 is 5.11 Å². The molecule has 0 fully saturated rings. The van der Waals surface area contributed by atoms with Crippen molar-refractivity contribution in [2.24, 2.45) is 0 Å². The van der Waals surface area contributed by atoms with E-state index >= 15 is 0 Å². The number of para-hydroxylation sites is 1. The van der Waals surface area contributed by atoms with Crippen molar-refractivity contribution in [2.45, 2.75) is 4.90 Å². The molecule has 0 saturated heterocycles. The first kappa shape index (κ1) is 14.7. The van der Waals surface area contributed by atoms with E-state index in [9.17, 15) is 28.0 Å². The first-order valence-corrected chi connectivity index (χ1v) is 7.04. The first-order valence-electron chi connectivity index (χ1n) is 5.56. The van der Waals surface area contributed by atoms with Crippen molar-refractivity contribution < 1.29 is 22.8 Å². The summed E-state index contributed by atoms with van der Waals surface area (Å²) in [6.45, 7) is 0. The van der Waals surface area contributed by atoms with Crippen molar-refractivity contribution in [1.82, 2.24) is 0 Å². The number of nitro groups is 1. The third kappa shape index (κ3) is 3.08. The van der Waals surface area contributed by atoms with Crippen LogP contribution in [0.4, 0.5) is 15.8 Å². The van der Waals surface area contributed by atoms with Crippen molar-refractivity contribution in [3.63, 3.8) is 0 Å². The number of aromatic hydroxyl groups is 1. The van der Waals surface area contributed by atoms with E-state index in [1.54, 1.807) is 0 Å². The van der Waals surface area contributed by atoms with Gasteiger partial charge in [0.15, 0.2) is 5.69 Å². The van der Waals surface area contributed by atoms with Crippen molar-refractivity contribution in [2.75, 3.05) is 4.72 Å². The lowest BCUT2D eigenvalue weighted by Gasteiger charge is -2.09. The third-order valence-electron chi connectivity index (χ3n) is 2.56. The van der Waals surface area contributed by atoms with Crippen LogP contribution in [0.3, 0.4) is 0 Å². The van der Waals surface area contributed by atoms with Crippen LogP contribution in [0.5, 0.6) is 5.75 Å². The third-order valence-corrected chi connectivity index (χ3v) is 3.91. The van der Waals surface area contributed by atoms with Gasteiger partial charge in [0.05, 0.1) is 9.82 Å². The number of halogens is 1. The molecule has 0 unspecified atom stereocenters. The minimum atomic E-state index is -4.27. The molecule has 0 aliphatic heterocycles. The van der Waals surface area contributed by atoms with Crippen LogP contribution in [0.25, 0.3) is 0 Å². The van der Waals surface area contributed by atoms with Gasteiger partial charge in [-0.05, 0) is 24.3 Å². The summed E-state index contributed by atoms with van der Waals surface area (Å²) in [6.07, 6.45) is 0. The van der Waals surface area contributed by atoms with Crippen LogP contribution in [0, 0.1) is 15.9 Å². The maximum absolute atomic E-state index is 13.1. The molecule has 2 rings (SSSR count). The van der Waals surface area contributed by atoms with E-state index in [2.05, 4.69) is 0 Å². The van der Waals surface area contributed by atoms with E-state index in [0.717, 1.165) is 30.3 Å². The van der Waals surface area contributed by atoms with E-state index in [4.69, 9.17) is 0 Å². The molecule has 0 aliphatic rings. The fourth-order valence-corrected chi connectivity index (χ4v) is 2.73. The summed E-state index contributed by atoms with van der Waals surface area (Å²) in [5, 5.41) is 20.4. The van der Waals surface area contributed by atoms with Gasteiger partial charge in [0.25, 0.3) is 15.7 Å². The molecule has 0 aromatic heterocycles. The SMILES string of the molecule is O=[N+]([O-])c1cccc(O)c1NS(=O)(=O)c1cccc(F)c1. The normalized spacial score (nSPS) is 11.1. The van der Waals surface area contributed by atoms with Crippen LogP contribution in [0.15, 0.2) is 47.4 Å². The van der Waals surface area contributed by atoms with Gasteiger partial charge >= 0.3 is 0 Å². The predicted octanol–water partition coefficient (Wildman–Crippen LogP) is 2.24. The lowest BCUT2D eigenvalue weighted by Crippen LogP contribution is -2.14. The summed E-state index contributed by atoms with van der Waals surface area (Å²) in [5.74, 6) is -1.38. The summed E-state index contributed by atoms with van der Waals surface area (Å²) >= 11 is 0. The monoisotopic (exact) mass is 312 g/mol. The molecule has 2 aromatic rings. The Morgan fingerprint density at radius 3 is 2.48 bits per heavy atom. The lowest BCUT2D eigenvalue weighted by atomic mass is 10.2. The number of anilines is 1. The highest BCUT2D eigenvalue weighted by atomic mass is 32.2. The summed E-state index contributed by atoms with van der Waals surface area (Å²) < 4.78 is 39.1. The Morgan fingerprint density at radius 2 is 1.86 bits per heavy atom. The van der Waals surface area contributed by atoms with Gasteiger partial charge in [-0.3, -0.25) is 14.8 Å². The van der Waals surface area contributed by atoms with Crippen LogP contribution in [0.1, 0.15) is 0 Å². The van der Waals surface area contributed by atoms with Gasteiger partial charge in [0, 0.05) is 6.07 Å². The largest absolute Gasteiger partial charge is 0.505 e. The molecule has 7 nitrogen and oxygen atoms in total. The Morgan fingerprint density at radius 1 is 1.19 bits per heavy atom. The molecule has 0 aliphatic carbocycles. The summed E-state index contributed by atoms with van der Waals surface area (Å²) in [5.41, 5.74) is -1.19. The summed E-state index contributed by atoms with van der Waals surface area (Å²) in [7, 11) is -4.27. The van der Waals surface area contributed by atoms with E-state index in [1.165, 1.54) is 12.1 Å². The highest BCUT2D eigenvalue weighted by molar-refractivity contribution is 7.92. The topological polar surface area (TPSA) is 110 Å². The van der Waals surface area contributed by atoms with Gasteiger partial charge in [-0.25, -0.2) is 12.8 Å². The van der Waals surface area contributed by atoms with Crippen molar-refractivity contribution in [1.29, 1.82) is 0 Å². The molecular weight excluding hydrogens is 303 g/mol. The van der Waals surface area contributed by atoms with Crippen LogP contribution in [0.2, 0.25) is 0 Å². The number of hydrogen-bond donors (Lipinski definition) is 2. The molecule has 2 aromatic carbocycles. The molecule has 0 saturated carbocycles. The molecule has 0 amide bonds. The average molecular weight is 312 g/mol. The zero-order chi connectivity index (χ0) is 15.6. The Kier molecular flexibility index (Phi) is 3.76.